The van der Waals surface area contributed by atoms with Gasteiger partial charge in [0.1, 0.15) is 6.54 Å². The van der Waals surface area contributed by atoms with Gasteiger partial charge < -0.3 is 10.1 Å². The Morgan fingerprint density at radius 1 is 0.800 bits per heavy atom. The molecule has 1 amide bonds. The highest BCUT2D eigenvalue weighted by Crippen LogP contribution is 2.24. The van der Waals surface area contributed by atoms with Crippen LogP contribution in [0.5, 0.6) is 0 Å². The summed E-state index contributed by atoms with van der Waals surface area (Å²) in [7, 11) is -7.66. The summed E-state index contributed by atoms with van der Waals surface area (Å²) in [6.07, 6.45) is 0. The molecule has 1 aliphatic rings. The number of hydrogen-bond donors (Lipinski definition) is 1. The maximum atomic E-state index is 13.3. The average molecular weight is 516 g/mol. The normalized spacial score (nSPS) is 14.9. The lowest BCUT2D eigenvalue weighted by atomic mass is 10.3. The molecular weight excluding hydrogens is 490 g/mol. The second kappa shape index (κ2) is 10.6. The van der Waals surface area contributed by atoms with E-state index in [0.29, 0.717) is 24.6 Å². The van der Waals surface area contributed by atoms with Gasteiger partial charge in [-0.1, -0.05) is 36.4 Å². The van der Waals surface area contributed by atoms with Crippen LogP contribution in [0.2, 0.25) is 0 Å². The largest absolute Gasteiger partial charge is 0.379 e. The van der Waals surface area contributed by atoms with E-state index in [9.17, 15) is 21.6 Å². The fraction of sp³-hybridized carbons (Fsp3) is 0.208. The standard InChI is InChI=1S/C24H25N3O6S2/c28-24(25-20-11-13-23(14-12-20)34(29,30)26-15-17-33-18-16-26)19-27(21-7-3-1-4-8-21)35(31,32)22-9-5-2-6-10-22/h1-14H,15-19H2,(H,25,28). The molecule has 35 heavy (non-hydrogen) atoms. The lowest BCUT2D eigenvalue weighted by molar-refractivity contribution is -0.114. The fourth-order valence-electron chi connectivity index (χ4n) is 3.61. The zero-order valence-electron chi connectivity index (χ0n) is 18.8. The van der Waals surface area contributed by atoms with E-state index in [1.807, 2.05) is 0 Å². The van der Waals surface area contributed by atoms with Gasteiger partial charge in [-0.15, -0.1) is 0 Å². The monoisotopic (exact) mass is 515 g/mol. The van der Waals surface area contributed by atoms with Crippen LogP contribution in [0.25, 0.3) is 0 Å². The number of hydrogen-bond acceptors (Lipinski definition) is 6. The Morgan fingerprint density at radius 3 is 1.97 bits per heavy atom. The Morgan fingerprint density at radius 2 is 1.37 bits per heavy atom. The molecule has 1 heterocycles. The Balaban J connectivity index is 1.51. The van der Waals surface area contributed by atoms with Crippen molar-refractivity contribution in [2.45, 2.75) is 9.79 Å². The number of morpholine rings is 1. The summed E-state index contributed by atoms with van der Waals surface area (Å²) < 4.78 is 59.7. The van der Waals surface area contributed by atoms with Crippen LogP contribution in [0, 0.1) is 0 Å². The Hall–Kier alpha value is -3.25. The van der Waals surface area contributed by atoms with Gasteiger partial charge >= 0.3 is 0 Å². The van der Waals surface area contributed by atoms with Gasteiger partial charge in [0.05, 0.1) is 28.7 Å². The van der Waals surface area contributed by atoms with Gasteiger partial charge in [-0.2, -0.15) is 4.31 Å². The van der Waals surface area contributed by atoms with Crippen molar-refractivity contribution in [2.24, 2.45) is 0 Å². The zero-order chi connectivity index (χ0) is 24.9. The number of amides is 1. The number of ether oxygens (including phenoxy) is 1. The van der Waals surface area contributed by atoms with E-state index in [0.717, 1.165) is 4.31 Å². The van der Waals surface area contributed by atoms with E-state index in [-0.39, 0.29) is 22.9 Å². The highest BCUT2D eigenvalue weighted by Gasteiger charge is 2.28. The number of anilines is 2. The van der Waals surface area contributed by atoms with Crippen molar-refractivity contribution < 1.29 is 26.4 Å². The van der Waals surface area contributed by atoms with E-state index in [1.165, 1.54) is 40.7 Å². The van der Waals surface area contributed by atoms with Crippen molar-refractivity contribution in [3.63, 3.8) is 0 Å². The topological polar surface area (TPSA) is 113 Å². The van der Waals surface area contributed by atoms with Crippen molar-refractivity contribution in [1.82, 2.24) is 4.31 Å². The number of para-hydroxylation sites is 1. The minimum absolute atomic E-state index is 0.0642. The van der Waals surface area contributed by atoms with Crippen molar-refractivity contribution in [2.75, 3.05) is 42.5 Å². The molecule has 11 heteroatoms. The Labute approximate surface area is 205 Å². The minimum Gasteiger partial charge on any atom is -0.379 e. The number of benzene rings is 3. The summed E-state index contributed by atoms with van der Waals surface area (Å²) in [6, 6.07) is 22.0. The van der Waals surface area contributed by atoms with Gasteiger partial charge in [-0.25, -0.2) is 16.8 Å². The maximum absolute atomic E-state index is 13.3. The van der Waals surface area contributed by atoms with Crippen LogP contribution in [0.1, 0.15) is 0 Å². The predicted molar refractivity (Wildman–Crippen MR) is 132 cm³/mol. The summed E-state index contributed by atoms with van der Waals surface area (Å²) >= 11 is 0. The Bertz CT molecular complexity index is 1360. The minimum atomic E-state index is -4.00. The first kappa shape index (κ1) is 24.9. The third-order valence-corrected chi connectivity index (χ3v) is 9.11. The molecule has 0 aliphatic carbocycles. The summed E-state index contributed by atoms with van der Waals surface area (Å²) in [5, 5.41) is 2.65. The molecule has 0 bridgehead atoms. The molecule has 3 aromatic carbocycles. The molecule has 4 rings (SSSR count). The smallest absolute Gasteiger partial charge is 0.264 e. The molecule has 3 aromatic rings. The molecule has 9 nitrogen and oxygen atoms in total. The average Bonchev–Trinajstić information content (AvgIpc) is 2.89. The van der Waals surface area contributed by atoms with Gasteiger partial charge in [-0.3, -0.25) is 9.10 Å². The SMILES string of the molecule is O=C(CN(c1ccccc1)S(=O)(=O)c1ccccc1)Nc1ccc(S(=O)(=O)N2CCOCC2)cc1. The Kier molecular flexibility index (Phi) is 7.51. The first-order valence-corrected chi connectivity index (χ1v) is 13.8. The van der Waals surface area contributed by atoms with Crippen LogP contribution in [-0.4, -0.2) is 59.9 Å². The van der Waals surface area contributed by atoms with E-state index in [1.54, 1.807) is 48.5 Å². The molecule has 0 radical (unpaired) electrons. The number of carbonyl (C=O) groups is 1. The molecule has 0 aromatic heterocycles. The van der Waals surface area contributed by atoms with Crippen molar-refractivity contribution in [1.29, 1.82) is 0 Å². The number of sulfonamides is 2. The van der Waals surface area contributed by atoms with Crippen molar-refractivity contribution >= 4 is 37.3 Å². The van der Waals surface area contributed by atoms with E-state index < -0.39 is 32.5 Å². The number of carbonyl (C=O) groups excluding carboxylic acids is 1. The second-order valence-corrected chi connectivity index (χ2v) is 11.5. The van der Waals surface area contributed by atoms with E-state index >= 15 is 0 Å². The lowest BCUT2D eigenvalue weighted by Crippen LogP contribution is -2.40. The third kappa shape index (κ3) is 5.70. The van der Waals surface area contributed by atoms with E-state index in [2.05, 4.69) is 5.32 Å². The lowest BCUT2D eigenvalue weighted by Gasteiger charge is -2.26. The first-order valence-electron chi connectivity index (χ1n) is 10.9. The van der Waals surface area contributed by atoms with Crippen LogP contribution in [0.15, 0.2) is 94.7 Å². The molecule has 1 fully saturated rings. The number of rotatable bonds is 8. The van der Waals surface area contributed by atoms with Gasteiger partial charge in [0.25, 0.3) is 10.0 Å². The highest BCUT2D eigenvalue weighted by atomic mass is 32.2. The number of nitrogens with one attached hydrogen (secondary N) is 1. The first-order chi connectivity index (χ1) is 16.8. The van der Waals surface area contributed by atoms with Crippen LogP contribution in [0.3, 0.4) is 0 Å². The molecule has 184 valence electrons. The van der Waals surface area contributed by atoms with Crippen LogP contribution < -0.4 is 9.62 Å². The molecular formula is C24H25N3O6S2. The molecule has 1 N–H and O–H groups in total. The molecule has 1 saturated heterocycles. The quantitative estimate of drug-likeness (QED) is 0.493. The highest BCUT2D eigenvalue weighted by molar-refractivity contribution is 7.92. The van der Waals surface area contributed by atoms with Gasteiger partial charge in [0, 0.05) is 18.8 Å². The number of nitrogens with zero attached hydrogens (tertiary/aromatic N) is 2. The zero-order valence-corrected chi connectivity index (χ0v) is 20.4. The van der Waals surface area contributed by atoms with Gasteiger partial charge in [-0.05, 0) is 48.5 Å². The molecule has 0 atom stereocenters. The summed E-state index contributed by atoms with van der Waals surface area (Å²) in [4.78, 5) is 13.0. The molecule has 0 unspecified atom stereocenters. The summed E-state index contributed by atoms with van der Waals surface area (Å²) in [5.74, 6) is -0.572. The summed E-state index contributed by atoms with van der Waals surface area (Å²) in [6.45, 7) is 0.793. The van der Waals surface area contributed by atoms with Gasteiger partial charge in [0.15, 0.2) is 0 Å². The van der Waals surface area contributed by atoms with E-state index in [4.69, 9.17) is 4.74 Å². The van der Waals surface area contributed by atoms with Crippen LogP contribution >= 0.6 is 0 Å². The fourth-order valence-corrected chi connectivity index (χ4v) is 6.46. The van der Waals surface area contributed by atoms with Crippen LogP contribution in [-0.2, 0) is 29.6 Å². The van der Waals surface area contributed by atoms with Crippen molar-refractivity contribution in [3.05, 3.63) is 84.9 Å². The predicted octanol–water partition coefficient (Wildman–Crippen LogP) is 2.54. The van der Waals surface area contributed by atoms with Gasteiger partial charge in [0.2, 0.25) is 15.9 Å². The molecule has 1 aliphatic heterocycles. The second-order valence-electron chi connectivity index (χ2n) is 7.75. The molecule has 0 spiro atoms. The van der Waals surface area contributed by atoms with Crippen LogP contribution in [0.4, 0.5) is 11.4 Å². The molecule has 0 saturated carbocycles. The third-order valence-electron chi connectivity index (χ3n) is 5.41. The summed E-state index contributed by atoms with van der Waals surface area (Å²) in [5.41, 5.74) is 0.694. The van der Waals surface area contributed by atoms with Crippen molar-refractivity contribution in [3.8, 4) is 0 Å². The maximum Gasteiger partial charge on any atom is 0.264 e.